The van der Waals surface area contributed by atoms with Crippen LogP contribution in [-0.2, 0) is 0 Å². The topological polar surface area (TPSA) is 12.0 Å². The van der Waals surface area contributed by atoms with E-state index in [9.17, 15) is 0 Å². The van der Waals surface area contributed by atoms with Crippen molar-refractivity contribution in [3.05, 3.63) is 0 Å². The molecular formula is C11H23N. The maximum atomic E-state index is 3.34. The van der Waals surface area contributed by atoms with Crippen molar-refractivity contribution >= 4 is 0 Å². The molecular weight excluding hydrogens is 146 g/mol. The van der Waals surface area contributed by atoms with E-state index in [2.05, 4.69) is 33.1 Å². The molecule has 0 aliphatic heterocycles. The summed E-state index contributed by atoms with van der Waals surface area (Å²) in [6, 6.07) is 0. The summed E-state index contributed by atoms with van der Waals surface area (Å²) in [5.41, 5.74) is 0.572. The molecule has 1 atom stereocenters. The Balaban J connectivity index is 2.45. The number of hydrogen-bond donors (Lipinski definition) is 1. The summed E-state index contributed by atoms with van der Waals surface area (Å²) in [7, 11) is 2.07. The second-order valence-electron chi connectivity index (χ2n) is 5.06. The predicted octanol–water partition coefficient (Wildman–Crippen LogP) is 2.67. The molecule has 1 unspecified atom stereocenters. The van der Waals surface area contributed by atoms with Crippen LogP contribution >= 0.6 is 0 Å². The van der Waals surface area contributed by atoms with Crippen molar-refractivity contribution in [3.8, 4) is 0 Å². The molecule has 0 aromatic carbocycles. The monoisotopic (exact) mass is 169 g/mol. The molecule has 0 spiro atoms. The van der Waals surface area contributed by atoms with Gasteiger partial charge < -0.3 is 5.32 Å². The average molecular weight is 169 g/mol. The van der Waals surface area contributed by atoms with Crippen molar-refractivity contribution < 1.29 is 0 Å². The second-order valence-corrected chi connectivity index (χ2v) is 5.06. The van der Waals surface area contributed by atoms with Crippen molar-refractivity contribution in [2.24, 2.45) is 17.3 Å². The zero-order valence-electron chi connectivity index (χ0n) is 8.98. The standard InChI is InChI=1S/C11H23N/c1-9(2)7-11(3,8-12-4)10-5-6-10/h9-10,12H,5-8H2,1-4H3. The van der Waals surface area contributed by atoms with Gasteiger partial charge in [0.05, 0.1) is 0 Å². The van der Waals surface area contributed by atoms with Crippen molar-refractivity contribution in [1.82, 2.24) is 5.32 Å². The molecule has 1 nitrogen and oxygen atoms in total. The van der Waals surface area contributed by atoms with Gasteiger partial charge in [-0.15, -0.1) is 0 Å². The van der Waals surface area contributed by atoms with E-state index in [1.807, 2.05) is 0 Å². The van der Waals surface area contributed by atoms with E-state index in [1.54, 1.807) is 0 Å². The highest BCUT2D eigenvalue weighted by atomic mass is 14.8. The van der Waals surface area contributed by atoms with Gasteiger partial charge in [0, 0.05) is 6.54 Å². The van der Waals surface area contributed by atoms with E-state index >= 15 is 0 Å². The Hall–Kier alpha value is -0.0400. The van der Waals surface area contributed by atoms with E-state index in [0.717, 1.165) is 11.8 Å². The molecule has 0 amide bonds. The highest BCUT2D eigenvalue weighted by Gasteiger charge is 2.40. The van der Waals surface area contributed by atoms with Crippen LogP contribution in [0.4, 0.5) is 0 Å². The molecule has 1 fully saturated rings. The smallest absolute Gasteiger partial charge is 0.000491 e. The lowest BCUT2D eigenvalue weighted by molar-refractivity contribution is 0.211. The van der Waals surface area contributed by atoms with Crippen LogP contribution in [0.5, 0.6) is 0 Å². The van der Waals surface area contributed by atoms with E-state index in [4.69, 9.17) is 0 Å². The van der Waals surface area contributed by atoms with E-state index in [-0.39, 0.29) is 0 Å². The third kappa shape index (κ3) is 2.48. The van der Waals surface area contributed by atoms with Crippen LogP contribution < -0.4 is 5.32 Å². The normalized spacial score (nSPS) is 22.8. The Labute approximate surface area is 76.9 Å². The summed E-state index contributed by atoms with van der Waals surface area (Å²) in [5.74, 6) is 1.84. The zero-order chi connectivity index (χ0) is 9.19. The highest BCUT2D eigenvalue weighted by Crippen LogP contribution is 2.48. The second kappa shape index (κ2) is 3.78. The van der Waals surface area contributed by atoms with Crippen molar-refractivity contribution in [3.63, 3.8) is 0 Å². The molecule has 1 aliphatic rings. The minimum Gasteiger partial charge on any atom is -0.319 e. The Kier molecular flexibility index (Phi) is 3.16. The van der Waals surface area contributed by atoms with Gasteiger partial charge in [0.1, 0.15) is 0 Å². The van der Waals surface area contributed by atoms with Crippen LogP contribution in [0.1, 0.15) is 40.0 Å². The van der Waals surface area contributed by atoms with E-state index in [1.165, 1.54) is 25.8 Å². The first-order valence-corrected chi connectivity index (χ1v) is 5.23. The minimum atomic E-state index is 0.572. The Morgan fingerprint density at radius 1 is 1.42 bits per heavy atom. The summed E-state index contributed by atoms with van der Waals surface area (Å²) >= 11 is 0. The first-order chi connectivity index (χ1) is 5.58. The van der Waals surface area contributed by atoms with Gasteiger partial charge in [-0.05, 0) is 43.6 Å². The average Bonchev–Trinajstić information content (AvgIpc) is 2.65. The molecule has 0 aromatic heterocycles. The number of hydrogen-bond acceptors (Lipinski definition) is 1. The molecule has 12 heavy (non-hydrogen) atoms. The molecule has 72 valence electrons. The lowest BCUT2D eigenvalue weighted by Crippen LogP contribution is -2.33. The fourth-order valence-electron chi connectivity index (χ4n) is 2.50. The minimum absolute atomic E-state index is 0.572. The molecule has 1 rings (SSSR count). The van der Waals surface area contributed by atoms with Gasteiger partial charge in [-0.1, -0.05) is 20.8 Å². The van der Waals surface area contributed by atoms with Gasteiger partial charge in [-0.2, -0.15) is 0 Å². The highest BCUT2D eigenvalue weighted by molar-refractivity contribution is 4.92. The molecule has 1 aliphatic carbocycles. The van der Waals surface area contributed by atoms with Crippen LogP contribution in [0.25, 0.3) is 0 Å². The predicted molar refractivity (Wildman–Crippen MR) is 54.2 cm³/mol. The molecule has 0 radical (unpaired) electrons. The van der Waals surface area contributed by atoms with Gasteiger partial charge in [-0.25, -0.2) is 0 Å². The summed E-state index contributed by atoms with van der Waals surface area (Å²) in [4.78, 5) is 0. The van der Waals surface area contributed by atoms with Crippen molar-refractivity contribution in [2.45, 2.75) is 40.0 Å². The molecule has 0 saturated heterocycles. The van der Waals surface area contributed by atoms with E-state index < -0.39 is 0 Å². The third-order valence-electron chi connectivity index (χ3n) is 3.02. The molecule has 1 saturated carbocycles. The lowest BCUT2D eigenvalue weighted by atomic mass is 9.77. The Morgan fingerprint density at radius 3 is 2.33 bits per heavy atom. The zero-order valence-corrected chi connectivity index (χ0v) is 8.98. The van der Waals surface area contributed by atoms with Crippen LogP contribution in [0.2, 0.25) is 0 Å². The van der Waals surface area contributed by atoms with Gasteiger partial charge in [-0.3, -0.25) is 0 Å². The van der Waals surface area contributed by atoms with Crippen LogP contribution in [0, 0.1) is 17.3 Å². The van der Waals surface area contributed by atoms with Crippen LogP contribution in [0.15, 0.2) is 0 Å². The van der Waals surface area contributed by atoms with Crippen molar-refractivity contribution in [1.29, 1.82) is 0 Å². The fourth-order valence-corrected chi connectivity index (χ4v) is 2.50. The molecule has 0 aromatic rings. The van der Waals surface area contributed by atoms with E-state index in [0.29, 0.717) is 5.41 Å². The number of nitrogens with one attached hydrogen (secondary N) is 1. The summed E-state index contributed by atoms with van der Waals surface area (Å²) in [5, 5.41) is 3.34. The summed E-state index contributed by atoms with van der Waals surface area (Å²) in [6.45, 7) is 8.30. The summed E-state index contributed by atoms with van der Waals surface area (Å²) < 4.78 is 0. The fraction of sp³-hybridized carbons (Fsp3) is 1.00. The molecule has 1 heteroatoms. The van der Waals surface area contributed by atoms with Crippen LogP contribution in [0.3, 0.4) is 0 Å². The SMILES string of the molecule is CNCC(C)(CC(C)C)C1CC1. The summed E-state index contributed by atoms with van der Waals surface area (Å²) in [6.07, 6.45) is 4.30. The molecule has 0 heterocycles. The van der Waals surface area contributed by atoms with Crippen molar-refractivity contribution in [2.75, 3.05) is 13.6 Å². The first-order valence-electron chi connectivity index (χ1n) is 5.23. The third-order valence-corrected chi connectivity index (χ3v) is 3.02. The maximum Gasteiger partial charge on any atom is 0.000491 e. The molecule has 1 N–H and O–H groups in total. The first kappa shape index (κ1) is 10.0. The quantitative estimate of drug-likeness (QED) is 0.667. The lowest BCUT2D eigenvalue weighted by Gasteiger charge is -2.31. The Bertz CT molecular complexity index is 138. The van der Waals surface area contributed by atoms with Gasteiger partial charge in [0.2, 0.25) is 0 Å². The largest absolute Gasteiger partial charge is 0.319 e. The van der Waals surface area contributed by atoms with Gasteiger partial charge in [0.15, 0.2) is 0 Å². The number of rotatable bonds is 5. The maximum absolute atomic E-state index is 3.34. The molecule has 0 bridgehead atoms. The Morgan fingerprint density at radius 2 is 2.00 bits per heavy atom. The van der Waals surface area contributed by atoms with Gasteiger partial charge >= 0.3 is 0 Å². The van der Waals surface area contributed by atoms with Gasteiger partial charge in [0.25, 0.3) is 0 Å². The van der Waals surface area contributed by atoms with Crippen LogP contribution in [-0.4, -0.2) is 13.6 Å².